The number of piperidine rings is 1. The SMILES string of the molecule is COc1ccc(OC2CCN(c3cc(C(=O)O)ccn3)CC2)cc1. The van der Waals surface area contributed by atoms with E-state index in [0.29, 0.717) is 5.82 Å². The van der Waals surface area contributed by atoms with Gasteiger partial charge in [-0.3, -0.25) is 0 Å². The second-order valence-electron chi connectivity index (χ2n) is 5.69. The fourth-order valence-corrected chi connectivity index (χ4v) is 2.77. The summed E-state index contributed by atoms with van der Waals surface area (Å²) in [7, 11) is 1.64. The molecule has 2 aromatic rings. The van der Waals surface area contributed by atoms with Crippen molar-refractivity contribution in [2.45, 2.75) is 18.9 Å². The van der Waals surface area contributed by atoms with Crippen molar-refractivity contribution < 1.29 is 19.4 Å². The van der Waals surface area contributed by atoms with Gasteiger partial charge in [-0.25, -0.2) is 9.78 Å². The summed E-state index contributed by atoms with van der Waals surface area (Å²) in [6.07, 6.45) is 3.42. The molecule has 0 saturated carbocycles. The minimum Gasteiger partial charge on any atom is -0.497 e. The molecule has 6 nitrogen and oxygen atoms in total. The van der Waals surface area contributed by atoms with Crippen molar-refractivity contribution in [3.63, 3.8) is 0 Å². The fraction of sp³-hybridized carbons (Fsp3) is 0.333. The van der Waals surface area contributed by atoms with Gasteiger partial charge >= 0.3 is 5.97 Å². The molecule has 0 bridgehead atoms. The van der Waals surface area contributed by atoms with Crippen LogP contribution in [0.3, 0.4) is 0 Å². The number of carboxylic acids is 1. The number of aromatic carboxylic acids is 1. The van der Waals surface area contributed by atoms with Crippen LogP contribution in [0.4, 0.5) is 5.82 Å². The smallest absolute Gasteiger partial charge is 0.335 e. The van der Waals surface area contributed by atoms with Crippen molar-refractivity contribution in [2.24, 2.45) is 0 Å². The van der Waals surface area contributed by atoms with E-state index in [1.165, 1.54) is 6.07 Å². The lowest BCUT2D eigenvalue weighted by atomic mass is 10.1. The van der Waals surface area contributed by atoms with Crippen LogP contribution in [-0.4, -0.2) is 42.4 Å². The van der Waals surface area contributed by atoms with E-state index in [1.807, 2.05) is 24.3 Å². The molecule has 1 saturated heterocycles. The molecule has 2 heterocycles. The minimum absolute atomic E-state index is 0.150. The second kappa shape index (κ2) is 7.21. The van der Waals surface area contributed by atoms with Gasteiger partial charge in [0.05, 0.1) is 12.7 Å². The number of benzene rings is 1. The summed E-state index contributed by atoms with van der Waals surface area (Å²) in [5.74, 6) is 1.41. The number of hydrogen-bond donors (Lipinski definition) is 1. The second-order valence-corrected chi connectivity index (χ2v) is 5.69. The van der Waals surface area contributed by atoms with Gasteiger partial charge in [-0.1, -0.05) is 0 Å². The van der Waals surface area contributed by atoms with Crippen molar-refractivity contribution in [3.05, 3.63) is 48.2 Å². The lowest BCUT2D eigenvalue weighted by molar-refractivity contribution is 0.0696. The monoisotopic (exact) mass is 328 g/mol. The van der Waals surface area contributed by atoms with E-state index in [4.69, 9.17) is 14.6 Å². The number of aromatic nitrogens is 1. The van der Waals surface area contributed by atoms with Crippen LogP contribution in [0.15, 0.2) is 42.6 Å². The first-order valence-corrected chi connectivity index (χ1v) is 7.91. The Hall–Kier alpha value is -2.76. The lowest BCUT2D eigenvalue weighted by Gasteiger charge is -2.33. The van der Waals surface area contributed by atoms with Crippen molar-refractivity contribution in [1.82, 2.24) is 4.98 Å². The Kier molecular flexibility index (Phi) is 4.84. The first-order valence-electron chi connectivity index (χ1n) is 7.91. The maximum Gasteiger partial charge on any atom is 0.335 e. The van der Waals surface area contributed by atoms with Crippen molar-refractivity contribution in [3.8, 4) is 11.5 Å². The number of nitrogens with zero attached hydrogens (tertiary/aromatic N) is 2. The van der Waals surface area contributed by atoms with Crippen molar-refractivity contribution >= 4 is 11.8 Å². The Bertz CT molecular complexity index is 694. The first kappa shape index (κ1) is 16.1. The quantitative estimate of drug-likeness (QED) is 0.910. The van der Waals surface area contributed by atoms with Gasteiger partial charge in [-0.15, -0.1) is 0 Å². The lowest BCUT2D eigenvalue weighted by Crippen LogP contribution is -2.38. The maximum absolute atomic E-state index is 11.1. The summed E-state index contributed by atoms with van der Waals surface area (Å²) in [5.41, 5.74) is 0.261. The van der Waals surface area contributed by atoms with Crippen LogP contribution in [0.25, 0.3) is 0 Å². The number of anilines is 1. The van der Waals surface area contributed by atoms with E-state index in [0.717, 1.165) is 37.4 Å². The summed E-state index contributed by atoms with van der Waals surface area (Å²) < 4.78 is 11.1. The van der Waals surface area contributed by atoms with Crippen LogP contribution in [0.2, 0.25) is 0 Å². The number of hydrogen-bond acceptors (Lipinski definition) is 5. The van der Waals surface area contributed by atoms with Gasteiger partial charge in [-0.2, -0.15) is 0 Å². The molecular formula is C18H20N2O4. The number of pyridine rings is 1. The van der Waals surface area contributed by atoms with Gasteiger partial charge in [0.1, 0.15) is 23.4 Å². The normalized spacial score (nSPS) is 15.1. The molecule has 0 aliphatic carbocycles. The summed E-state index contributed by atoms with van der Waals surface area (Å²) in [4.78, 5) is 17.4. The van der Waals surface area contributed by atoms with Gasteiger partial charge in [0, 0.05) is 32.1 Å². The van der Waals surface area contributed by atoms with Gasteiger partial charge in [-0.05, 0) is 36.4 Å². The van der Waals surface area contributed by atoms with Crippen LogP contribution in [0, 0.1) is 0 Å². The third kappa shape index (κ3) is 3.76. The van der Waals surface area contributed by atoms with E-state index < -0.39 is 5.97 Å². The first-order chi connectivity index (χ1) is 11.7. The van der Waals surface area contributed by atoms with Crippen LogP contribution in [-0.2, 0) is 0 Å². The molecule has 126 valence electrons. The molecule has 24 heavy (non-hydrogen) atoms. The average molecular weight is 328 g/mol. The molecule has 0 radical (unpaired) electrons. The maximum atomic E-state index is 11.1. The van der Waals surface area contributed by atoms with Crippen LogP contribution >= 0.6 is 0 Å². The molecule has 1 N–H and O–H groups in total. The summed E-state index contributed by atoms with van der Waals surface area (Å²) >= 11 is 0. The predicted molar refractivity (Wildman–Crippen MR) is 90.1 cm³/mol. The molecule has 1 aliphatic heterocycles. The average Bonchev–Trinajstić information content (AvgIpc) is 2.63. The number of rotatable bonds is 5. The van der Waals surface area contributed by atoms with Crippen molar-refractivity contribution in [2.75, 3.05) is 25.1 Å². The Labute approximate surface area is 140 Å². The van der Waals surface area contributed by atoms with E-state index >= 15 is 0 Å². The van der Waals surface area contributed by atoms with Crippen molar-refractivity contribution in [1.29, 1.82) is 0 Å². The third-order valence-corrected chi connectivity index (χ3v) is 4.12. The Morgan fingerprint density at radius 1 is 1.17 bits per heavy atom. The molecule has 0 unspecified atom stereocenters. The molecule has 0 amide bonds. The van der Waals surface area contributed by atoms with Gasteiger partial charge < -0.3 is 19.5 Å². The van der Waals surface area contributed by atoms with Gasteiger partial charge in [0.15, 0.2) is 0 Å². The number of ether oxygens (including phenoxy) is 2. The third-order valence-electron chi connectivity index (χ3n) is 4.12. The van der Waals surface area contributed by atoms with Gasteiger partial charge in [0.25, 0.3) is 0 Å². The number of carbonyl (C=O) groups is 1. The zero-order valence-electron chi connectivity index (χ0n) is 13.5. The zero-order valence-corrected chi connectivity index (χ0v) is 13.5. The highest BCUT2D eigenvalue weighted by atomic mass is 16.5. The number of methoxy groups -OCH3 is 1. The summed E-state index contributed by atoms with van der Waals surface area (Å²) in [5, 5.41) is 9.08. The van der Waals surface area contributed by atoms with Crippen LogP contribution in [0.5, 0.6) is 11.5 Å². The van der Waals surface area contributed by atoms with Gasteiger partial charge in [0.2, 0.25) is 0 Å². The predicted octanol–water partition coefficient (Wildman–Crippen LogP) is 2.84. The molecular weight excluding hydrogens is 308 g/mol. The summed E-state index contributed by atoms with van der Waals surface area (Å²) in [6, 6.07) is 10.7. The highest BCUT2D eigenvalue weighted by molar-refractivity contribution is 5.88. The van der Waals surface area contributed by atoms with Crippen LogP contribution in [0.1, 0.15) is 23.2 Å². The minimum atomic E-state index is -0.934. The molecule has 6 heteroatoms. The Morgan fingerprint density at radius 3 is 2.46 bits per heavy atom. The molecule has 1 aromatic carbocycles. The molecule has 0 spiro atoms. The fourth-order valence-electron chi connectivity index (χ4n) is 2.77. The van der Waals surface area contributed by atoms with E-state index in [-0.39, 0.29) is 11.7 Å². The van der Waals surface area contributed by atoms with E-state index in [9.17, 15) is 4.79 Å². The molecule has 1 fully saturated rings. The van der Waals surface area contributed by atoms with E-state index in [1.54, 1.807) is 19.4 Å². The largest absolute Gasteiger partial charge is 0.497 e. The zero-order chi connectivity index (χ0) is 16.9. The highest BCUT2D eigenvalue weighted by Gasteiger charge is 2.22. The topological polar surface area (TPSA) is 71.9 Å². The molecule has 0 atom stereocenters. The standard InChI is InChI=1S/C18H20N2O4/c1-23-14-2-4-15(5-3-14)24-16-7-10-20(11-8-16)17-12-13(18(21)22)6-9-19-17/h2-6,9,12,16H,7-8,10-11H2,1H3,(H,21,22). The van der Waals surface area contributed by atoms with Crippen LogP contribution < -0.4 is 14.4 Å². The Morgan fingerprint density at radius 2 is 1.83 bits per heavy atom. The number of carboxylic acid groups (broad SMARTS) is 1. The Balaban J connectivity index is 1.57. The van der Waals surface area contributed by atoms with E-state index in [2.05, 4.69) is 9.88 Å². The summed E-state index contributed by atoms with van der Waals surface area (Å²) in [6.45, 7) is 1.58. The molecule has 1 aromatic heterocycles. The molecule has 3 rings (SSSR count). The highest BCUT2D eigenvalue weighted by Crippen LogP contribution is 2.24. The molecule has 1 aliphatic rings.